The second kappa shape index (κ2) is 8.49. The summed E-state index contributed by atoms with van der Waals surface area (Å²) in [7, 11) is 0. The fraction of sp³-hybridized carbons (Fsp3) is 0.389. The van der Waals surface area contributed by atoms with Crippen LogP contribution in [0.2, 0.25) is 0 Å². The SMILES string of the molecule is C=CCN(CC=C)C(=O)CSc1nc2sc(C)c(C)c2c(=O)n1CC. The maximum absolute atomic E-state index is 12.8. The lowest BCUT2D eigenvalue weighted by Gasteiger charge is -2.19. The normalized spacial score (nSPS) is 10.8. The lowest BCUT2D eigenvalue weighted by atomic mass is 10.2. The zero-order chi connectivity index (χ0) is 18.6. The Hall–Kier alpha value is -1.86. The number of rotatable bonds is 8. The van der Waals surface area contributed by atoms with E-state index in [0.717, 1.165) is 15.3 Å². The maximum atomic E-state index is 12.8. The van der Waals surface area contributed by atoms with Crippen LogP contribution >= 0.6 is 23.1 Å². The van der Waals surface area contributed by atoms with E-state index in [-0.39, 0.29) is 17.2 Å². The Morgan fingerprint density at radius 2 is 1.96 bits per heavy atom. The summed E-state index contributed by atoms with van der Waals surface area (Å²) >= 11 is 2.83. The maximum Gasteiger partial charge on any atom is 0.263 e. The summed E-state index contributed by atoms with van der Waals surface area (Å²) in [6, 6.07) is 0. The molecule has 0 saturated carbocycles. The van der Waals surface area contributed by atoms with Crippen molar-refractivity contribution in [3.63, 3.8) is 0 Å². The van der Waals surface area contributed by atoms with Crippen molar-refractivity contribution < 1.29 is 4.79 Å². The lowest BCUT2D eigenvalue weighted by Crippen LogP contribution is -2.33. The minimum Gasteiger partial charge on any atom is -0.335 e. The molecular formula is C18H23N3O2S2. The van der Waals surface area contributed by atoms with Crippen LogP contribution in [0, 0.1) is 13.8 Å². The molecule has 1 amide bonds. The van der Waals surface area contributed by atoms with Crippen LogP contribution in [-0.4, -0.2) is 39.2 Å². The molecule has 0 atom stereocenters. The molecule has 2 aromatic rings. The summed E-state index contributed by atoms with van der Waals surface area (Å²) in [5, 5.41) is 1.28. The number of aryl methyl sites for hydroxylation is 2. The third kappa shape index (κ3) is 4.04. The van der Waals surface area contributed by atoms with Crippen molar-refractivity contribution in [2.75, 3.05) is 18.8 Å². The number of carbonyl (C=O) groups is 1. The highest BCUT2D eigenvalue weighted by molar-refractivity contribution is 7.99. The zero-order valence-corrected chi connectivity index (χ0v) is 16.5. The number of nitrogens with zero attached hydrogens (tertiary/aromatic N) is 3. The standard InChI is InChI=1S/C18H23N3O2S2/c1-6-9-20(10-7-2)14(22)11-24-18-19-16-15(12(4)13(5)25-16)17(23)21(18)8-3/h6-7H,1-2,8-11H2,3-5H3. The second-order valence-electron chi connectivity index (χ2n) is 5.57. The quantitative estimate of drug-likeness (QED) is 0.402. The molecule has 2 heterocycles. The van der Waals surface area contributed by atoms with E-state index in [1.807, 2.05) is 20.8 Å². The molecule has 2 aromatic heterocycles. The molecule has 0 fully saturated rings. The first-order valence-electron chi connectivity index (χ1n) is 8.07. The van der Waals surface area contributed by atoms with E-state index in [2.05, 4.69) is 18.1 Å². The van der Waals surface area contributed by atoms with E-state index in [4.69, 9.17) is 0 Å². The first kappa shape index (κ1) is 19.5. The van der Waals surface area contributed by atoms with Crippen molar-refractivity contribution in [3.8, 4) is 0 Å². The summed E-state index contributed by atoms with van der Waals surface area (Å²) in [6.07, 6.45) is 3.38. The average Bonchev–Trinajstić information content (AvgIpc) is 2.87. The van der Waals surface area contributed by atoms with Gasteiger partial charge in [0.25, 0.3) is 5.56 Å². The van der Waals surface area contributed by atoms with Gasteiger partial charge in [-0.2, -0.15) is 0 Å². The van der Waals surface area contributed by atoms with E-state index in [9.17, 15) is 9.59 Å². The van der Waals surface area contributed by atoms with E-state index in [0.29, 0.717) is 30.2 Å². The van der Waals surface area contributed by atoms with Crippen LogP contribution < -0.4 is 5.56 Å². The van der Waals surface area contributed by atoms with Crippen molar-refractivity contribution in [2.45, 2.75) is 32.5 Å². The van der Waals surface area contributed by atoms with Crippen molar-refractivity contribution in [1.29, 1.82) is 0 Å². The number of fused-ring (bicyclic) bond motifs is 1. The second-order valence-corrected chi connectivity index (χ2v) is 7.72. The molecule has 0 saturated heterocycles. The number of hydrogen-bond donors (Lipinski definition) is 0. The first-order chi connectivity index (χ1) is 11.9. The summed E-state index contributed by atoms with van der Waals surface area (Å²) in [5.74, 6) is 0.198. The van der Waals surface area contributed by atoms with Gasteiger partial charge in [0.1, 0.15) is 4.83 Å². The van der Waals surface area contributed by atoms with E-state index < -0.39 is 0 Å². The minimum absolute atomic E-state index is 0.0275. The largest absolute Gasteiger partial charge is 0.335 e. The van der Waals surface area contributed by atoms with Gasteiger partial charge in [0, 0.05) is 24.5 Å². The molecule has 2 rings (SSSR count). The Bertz CT molecular complexity index is 857. The Morgan fingerprint density at radius 1 is 1.32 bits per heavy atom. The molecule has 5 nitrogen and oxygen atoms in total. The number of thiophene rings is 1. The van der Waals surface area contributed by atoms with Crippen molar-refractivity contribution in [2.24, 2.45) is 0 Å². The average molecular weight is 378 g/mol. The highest BCUT2D eigenvalue weighted by Crippen LogP contribution is 2.28. The van der Waals surface area contributed by atoms with E-state index >= 15 is 0 Å². The van der Waals surface area contributed by atoms with Gasteiger partial charge < -0.3 is 4.90 Å². The van der Waals surface area contributed by atoms with Gasteiger partial charge in [-0.3, -0.25) is 14.2 Å². The van der Waals surface area contributed by atoms with Gasteiger partial charge in [-0.05, 0) is 26.3 Å². The van der Waals surface area contributed by atoms with Crippen LogP contribution in [-0.2, 0) is 11.3 Å². The summed E-state index contributed by atoms with van der Waals surface area (Å²) in [4.78, 5) is 33.3. The number of amides is 1. The molecule has 0 aromatic carbocycles. The highest BCUT2D eigenvalue weighted by Gasteiger charge is 2.18. The monoisotopic (exact) mass is 377 g/mol. The van der Waals surface area contributed by atoms with Crippen LogP contribution in [0.15, 0.2) is 35.3 Å². The fourth-order valence-electron chi connectivity index (χ4n) is 2.51. The molecule has 134 valence electrons. The molecular weight excluding hydrogens is 354 g/mol. The van der Waals surface area contributed by atoms with Crippen LogP contribution in [0.5, 0.6) is 0 Å². The van der Waals surface area contributed by atoms with Crippen molar-refractivity contribution >= 4 is 39.2 Å². The molecule has 7 heteroatoms. The zero-order valence-electron chi connectivity index (χ0n) is 14.9. The molecule has 0 aliphatic heterocycles. The fourth-order valence-corrected chi connectivity index (χ4v) is 4.54. The molecule has 0 bridgehead atoms. The van der Waals surface area contributed by atoms with E-state index in [1.54, 1.807) is 21.6 Å². The number of carbonyl (C=O) groups excluding carboxylic acids is 1. The third-order valence-electron chi connectivity index (χ3n) is 3.95. The summed E-state index contributed by atoms with van der Waals surface area (Å²) in [6.45, 7) is 14.7. The van der Waals surface area contributed by atoms with Crippen LogP contribution in [0.1, 0.15) is 17.4 Å². The van der Waals surface area contributed by atoms with Gasteiger partial charge in [0.15, 0.2) is 5.16 Å². The predicted molar refractivity (Wildman–Crippen MR) is 107 cm³/mol. The molecule has 0 spiro atoms. The Labute approximate surface area is 156 Å². The number of aromatic nitrogens is 2. The Balaban J connectivity index is 2.31. The Kier molecular flexibility index (Phi) is 6.61. The van der Waals surface area contributed by atoms with Crippen molar-refractivity contribution in [1.82, 2.24) is 14.5 Å². The van der Waals surface area contributed by atoms with Crippen LogP contribution in [0.3, 0.4) is 0 Å². The topological polar surface area (TPSA) is 55.2 Å². The number of hydrogen-bond acceptors (Lipinski definition) is 5. The first-order valence-corrected chi connectivity index (χ1v) is 9.87. The molecule has 0 radical (unpaired) electrons. The molecule has 0 aliphatic carbocycles. The molecule has 0 aliphatic rings. The van der Waals surface area contributed by atoms with Gasteiger partial charge in [-0.25, -0.2) is 4.98 Å². The van der Waals surface area contributed by atoms with Gasteiger partial charge in [0.2, 0.25) is 5.91 Å². The molecule has 0 unspecified atom stereocenters. The van der Waals surface area contributed by atoms with Gasteiger partial charge in [0.05, 0.1) is 11.1 Å². The lowest BCUT2D eigenvalue weighted by molar-refractivity contribution is -0.127. The highest BCUT2D eigenvalue weighted by atomic mass is 32.2. The Morgan fingerprint density at radius 3 is 2.52 bits per heavy atom. The van der Waals surface area contributed by atoms with Gasteiger partial charge in [-0.1, -0.05) is 23.9 Å². The summed E-state index contributed by atoms with van der Waals surface area (Å²) < 4.78 is 1.64. The van der Waals surface area contributed by atoms with Gasteiger partial charge >= 0.3 is 0 Å². The molecule has 0 N–H and O–H groups in total. The number of thioether (sulfide) groups is 1. The predicted octanol–water partition coefficient (Wildman–Crippen LogP) is 3.39. The van der Waals surface area contributed by atoms with Crippen LogP contribution in [0.4, 0.5) is 0 Å². The molecule has 25 heavy (non-hydrogen) atoms. The van der Waals surface area contributed by atoms with Crippen LogP contribution in [0.25, 0.3) is 10.2 Å². The smallest absolute Gasteiger partial charge is 0.263 e. The minimum atomic E-state index is -0.0293. The van der Waals surface area contributed by atoms with E-state index in [1.165, 1.54) is 23.1 Å². The third-order valence-corrected chi connectivity index (χ3v) is 6.01. The van der Waals surface area contributed by atoms with Gasteiger partial charge in [-0.15, -0.1) is 24.5 Å². The van der Waals surface area contributed by atoms with Crippen molar-refractivity contribution in [3.05, 3.63) is 46.1 Å². The summed E-state index contributed by atoms with van der Waals surface area (Å²) in [5.41, 5.74) is 0.966.